The number of urea groups is 1. The number of ether oxygens (including phenoxy) is 1. The van der Waals surface area contributed by atoms with Crippen molar-refractivity contribution in [2.24, 2.45) is 0 Å². The van der Waals surface area contributed by atoms with Gasteiger partial charge in [0.15, 0.2) is 0 Å². The number of hydrogen-bond donors (Lipinski definition) is 1. The standard InChI is InChI=1S/C13H22N2O3/c1-3-13(4-2)11(16)14-12(17)15(13)8-7-10-6-5-9-18-10/h10H,3-9H2,1-2H3,(H,14,16,17). The molecule has 0 saturated carbocycles. The van der Waals surface area contributed by atoms with E-state index in [4.69, 9.17) is 4.74 Å². The highest BCUT2D eigenvalue weighted by molar-refractivity contribution is 6.06. The van der Waals surface area contributed by atoms with Gasteiger partial charge in [0.05, 0.1) is 6.10 Å². The van der Waals surface area contributed by atoms with E-state index >= 15 is 0 Å². The summed E-state index contributed by atoms with van der Waals surface area (Å²) in [5, 5.41) is 2.44. The highest BCUT2D eigenvalue weighted by atomic mass is 16.5. The molecule has 0 aromatic carbocycles. The van der Waals surface area contributed by atoms with Crippen LogP contribution in [0.1, 0.15) is 46.0 Å². The lowest BCUT2D eigenvalue weighted by Crippen LogP contribution is -2.49. The van der Waals surface area contributed by atoms with E-state index in [2.05, 4.69) is 5.32 Å². The van der Waals surface area contributed by atoms with E-state index < -0.39 is 5.54 Å². The van der Waals surface area contributed by atoms with Crippen molar-refractivity contribution in [2.45, 2.75) is 57.6 Å². The topological polar surface area (TPSA) is 58.6 Å². The number of carbonyl (C=O) groups is 2. The Kier molecular flexibility index (Phi) is 3.90. The quantitative estimate of drug-likeness (QED) is 0.759. The zero-order valence-electron chi connectivity index (χ0n) is 11.2. The van der Waals surface area contributed by atoms with E-state index in [1.165, 1.54) is 0 Å². The van der Waals surface area contributed by atoms with Crippen LogP contribution in [0.15, 0.2) is 0 Å². The SMILES string of the molecule is CCC1(CC)C(=O)NC(=O)N1CCC1CCCO1. The van der Waals surface area contributed by atoms with Crippen molar-refractivity contribution in [3.05, 3.63) is 0 Å². The lowest BCUT2D eigenvalue weighted by molar-refractivity contribution is -0.127. The average molecular weight is 254 g/mol. The van der Waals surface area contributed by atoms with Crippen molar-refractivity contribution >= 4 is 11.9 Å². The first kappa shape index (κ1) is 13.3. The Hall–Kier alpha value is -1.10. The lowest BCUT2D eigenvalue weighted by Gasteiger charge is -2.34. The predicted octanol–water partition coefficient (Wildman–Crippen LogP) is 1.67. The van der Waals surface area contributed by atoms with Gasteiger partial charge >= 0.3 is 6.03 Å². The molecular formula is C13H22N2O3. The molecule has 2 aliphatic heterocycles. The summed E-state index contributed by atoms with van der Waals surface area (Å²) in [5.41, 5.74) is -0.643. The van der Waals surface area contributed by atoms with Crippen LogP contribution in [0.25, 0.3) is 0 Å². The number of hydrogen-bond acceptors (Lipinski definition) is 3. The fourth-order valence-electron chi connectivity index (χ4n) is 3.01. The molecule has 0 aromatic heterocycles. The van der Waals surface area contributed by atoms with Gasteiger partial charge in [0, 0.05) is 13.2 Å². The van der Waals surface area contributed by atoms with Crippen LogP contribution in [0.2, 0.25) is 0 Å². The monoisotopic (exact) mass is 254 g/mol. The van der Waals surface area contributed by atoms with E-state index in [1.54, 1.807) is 4.90 Å². The van der Waals surface area contributed by atoms with E-state index in [0.717, 1.165) is 25.9 Å². The fraction of sp³-hybridized carbons (Fsp3) is 0.846. The smallest absolute Gasteiger partial charge is 0.325 e. The summed E-state index contributed by atoms with van der Waals surface area (Å²) >= 11 is 0. The molecule has 1 atom stereocenters. The summed E-state index contributed by atoms with van der Waals surface area (Å²) in [4.78, 5) is 25.6. The third-order valence-electron chi connectivity index (χ3n) is 4.27. The van der Waals surface area contributed by atoms with Gasteiger partial charge in [-0.3, -0.25) is 10.1 Å². The molecule has 3 amide bonds. The molecule has 0 bridgehead atoms. The van der Waals surface area contributed by atoms with Crippen molar-refractivity contribution < 1.29 is 14.3 Å². The first-order valence-electron chi connectivity index (χ1n) is 6.88. The van der Waals surface area contributed by atoms with Crippen LogP contribution in [0.3, 0.4) is 0 Å². The Labute approximate surface area is 108 Å². The van der Waals surface area contributed by atoms with Crippen LogP contribution in [-0.4, -0.2) is 41.6 Å². The number of nitrogens with zero attached hydrogens (tertiary/aromatic N) is 1. The van der Waals surface area contributed by atoms with Crippen LogP contribution in [0.4, 0.5) is 4.79 Å². The second-order valence-corrected chi connectivity index (χ2v) is 5.07. The molecule has 102 valence electrons. The summed E-state index contributed by atoms with van der Waals surface area (Å²) in [6.07, 6.45) is 4.55. The van der Waals surface area contributed by atoms with E-state index in [-0.39, 0.29) is 18.0 Å². The highest BCUT2D eigenvalue weighted by Crippen LogP contribution is 2.30. The van der Waals surface area contributed by atoms with Crippen LogP contribution >= 0.6 is 0 Å². The maximum atomic E-state index is 12.0. The molecule has 1 N–H and O–H groups in total. The van der Waals surface area contributed by atoms with Crippen molar-refractivity contribution in [3.63, 3.8) is 0 Å². The Morgan fingerprint density at radius 2 is 2.11 bits per heavy atom. The molecule has 2 saturated heterocycles. The Morgan fingerprint density at radius 1 is 1.39 bits per heavy atom. The molecule has 0 aliphatic carbocycles. The van der Waals surface area contributed by atoms with Crippen LogP contribution in [-0.2, 0) is 9.53 Å². The van der Waals surface area contributed by atoms with Gasteiger partial charge in [0.2, 0.25) is 0 Å². The molecule has 5 nitrogen and oxygen atoms in total. The number of imide groups is 1. The Morgan fingerprint density at radius 3 is 2.67 bits per heavy atom. The van der Waals surface area contributed by atoms with Crippen LogP contribution in [0, 0.1) is 0 Å². The van der Waals surface area contributed by atoms with Gasteiger partial charge in [0.25, 0.3) is 5.91 Å². The van der Waals surface area contributed by atoms with Crippen LogP contribution in [0.5, 0.6) is 0 Å². The maximum Gasteiger partial charge on any atom is 0.325 e. The summed E-state index contributed by atoms with van der Waals surface area (Å²) in [7, 11) is 0. The second-order valence-electron chi connectivity index (χ2n) is 5.07. The third-order valence-corrected chi connectivity index (χ3v) is 4.27. The first-order chi connectivity index (χ1) is 8.64. The second kappa shape index (κ2) is 5.26. The van der Waals surface area contributed by atoms with E-state index in [1.807, 2.05) is 13.8 Å². The largest absolute Gasteiger partial charge is 0.378 e. The van der Waals surface area contributed by atoms with Gasteiger partial charge in [-0.2, -0.15) is 0 Å². The average Bonchev–Trinajstić information content (AvgIpc) is 2.94. The minimum absolute atomic E-state index is 0.148. The molecule has 0 aromatic rings. The van der Waals surface area contributed by atoms with Crippen LogP contribution < -0.4 is 5.32 Å². The normalized spacial score (nSPS) is 26.8. The van der Waals surface area contributed by atoms with Crippen molar-refractivity contribution in [1.29, 1.82) is 0 Å². The van der Waals surface area contributed by atoms with Crippen molar-refractivity contribution in [2.75, 3.05) is 13.2 Å². The molecule has 0 radical (unpaired) electrons. The molecule has 1 unspecified atom stereocenters. The minimum atomic E-state index is -0.643. The Balaban J connectivity index is 2.03. The van der Waals surface area contributed by atoms with E-state index in [0.29, 0.717) is 19.4 Å². The number of amides is 3. The fourth-order valence-corrected chi connectivity index (χ4v) is 3.01. The summed E-state index contributed by atoms with van der Waals surface area (Å²) in [6.45, 7) is 5.34. The molecule has 18 heavy (non-hydrogen) atoms. The van der Waals surface area contributed by atoms with Crippen molar-refractivity contribution in [3.8, 4) is 0 Å². The first-order valence-corrected chi connectivity index (χ1v) is 6.88. The van der Waals surface area contributed by atoms with Gasteiger partial charge in [-0.05, 0) is 32.1 Å². The molecule has 2 heterocycles. The molecule has 5 heteroatoms. The predicted molar refractivity (Wildman–Crippen MR) is 67.1 cm³/mol. The van der Waals surface area contributed by atoms with Gasteiger partial charge in [-0.25, -0.2) is 4.79 Å². The summed E-state index contributed by atoms with van der Waals surface area (Å²) in [6, 6.07) is -0.248. The van der Waals surface area contributed by atoms with Gasteiger partial charge < -0.3 is 9.64 Å². The van der Waals surface area contributed by atoms with E-state index in [9.17, 15) is 9.59 Å². The number of rotatable bonds is 5. The number of nitrogens with one attached hydrogen (secondary N) is 1. The maximum absolute atomic E-state index is 12.0. The number of carbonyl (C=O) groups excluding carboxylic acids is 2. The Bertz CT molecular complexity index is 333. The molecule has 2 fully saturated rings. The zero-order chi connectivity index (χ0) is 13.2. The lowest BCUT2D eigenvalue weighted by atomic mass is 9.91. The van der Waals surface area contributed by atoms with Gasteiger partial charge in [-0.15, -0.1) is 0 Å². The molecular weight excluding hydrogens is 232 g/mol. The van der Waals surface area contributed by atoms with Gasteiger partial charge in [0.1, 0.15) is 5.54 Å². The summed E-state index contributed by atoms with van der Waals surface area (Å²) < 4.78 is 5.57. The minimum Gasteiger partial charge on any atom is -0.378 e. The highest BCUT2D eigenvalue weighted by Gasteiger charge is 2.50. The molecule has 2 rings (SSSR count). The van der Waals surface area contributed by atoms with Crippen molar-refractivity contribution in [1.82, 2.24) is 10.2 Å². The molecule has 2 aliphatic rings. The summed E-state index contributed by atoms with van der Waals surface area (Å²) in [5.74, 6) is -0.148. The molecule has 0 spiro atoms. The third kappa shape index (κ3) is 2.11. The van der Waals surface area contributed by atoms with Gasteiger partial charge in [-0.1, -0.05) is 13.8 Å². The zero-order valence-corrected chi connectivity index (χ0v) is 11.2.